The summed E-state index contributed by atoms with van der Waals surface area (Å²) in [5, 5.41) is 6.13. The number of nitrogens with zero attached hydrogens (tertiary/aromatic N) is 1. The molecule has 1 aromatic heterocycles. The fourth-order valence-electron chi connectivity index (χ4n) is 4.50. The second-order valence-electron chi connectivity index (χ2n) is 7.85. The van der Waals surface area contributed by atoms with Gasteiger partial charge in [0.05, 0.1) is 10.4 Å². The van der Waals surface area contributed by atoms with Crippen molar-refractivity contribution in [3.05, 3.63) is 78.5 Å². The van der Waals surface area contributed by atoms with Gasteiger partial charge in [-0.2, -0.15) is 0 Å². The summed E-state index contributed by atoms with van der Waals surface area (Å²) >= 11 is 0. The van der Waals surface area contributed by atoms with Gasteiger partial charge < -0.3 is 5.32 Å². The second-order valence-corrected chi connectivity index (χ2v) is 9.63. The molecule has 0 saturated carbocycles. The van der Waals surface area contributed by atoms with Crippen LogP contribution in [-0.4, -0.2) is 25.5 Å². The summed E-state index contributed by atoms with van der Waals surface area (Å²) in [7, 11) is -3.71. The van der Waals surface area contributed by atoms with Crippen LogP contribution in [0.5, 0.6) is 0 Å². The van der Waals surface area contributed by atoms with Crippen molar-refractivity contribution in [2.24, 2.45) is 5.92 Å². The van der Waals surface area contributed by atoms with Gasteiger partial charge >= 0.3 is 0 Å². The van der Waals surface area contributed by atoms with Crippen LogP contribution in [0.1, 0.15) is 18.4 Å². The molecule has 5 heteroatoms. The van der Waals surface area contributed by atoms with Crippen molar-refractivity contribution in [2.75, 3.05) is 13.1 Å². The molecular weight excluding hydrogens is 380 g/mol. The van der Waals surface area contributed by atoms with E-state index in [1.165, 1.54) is 3.97 Å². The van der Waals surface area contributed by atoms with Gasteiger partial charge in [-0.3, -0.25) is 0 Å². The molecule has 4 nitrogen and oxygen atoms in total. The SMILES string of the molecule is O=S(=O)(c1cccc2ccccc12)n1cc(CC2CCNCC2)c2ccccc21. The minimum absolute atomic E-state index is 0.352. The summed E-state index contributed by atoms with van der Waals surface area (Å²) in [6.45, 7) is 2.08. The van der Waals surface area contributed by atoms with Gasteiger partial charge in [0.25, 0.3) is 10.0 Å². The van der Waals surface area contributed by atoms with Crippen LogP contribution in [0, 0.1) is 5.92 Å². The minimum atomic E-state index is -3.71. The third-order valence-electron chi connectivity index (χ3n) is 6.01. The van der Waals surface area contributed by atoms with Crippen LogP contribution in [0.3, 0.4) is 0 Å². The van der Waals surface area contributed by atoms with Crippen LogP contribution in [-0.2, 0) is 16.4 Å². The van der Waals surface area contributed by atoms with Gasteiger partial charge in [-0.15, -0.1) is 0 Å². The Morgan fingerprint density at radius 2 is 1.55 bits per heavy atom. The Balaban J connectivity index is 1.66. The second kappa shape index (κ2) is 7.32. The van der Waals surface area contributed by atoms with E-state index in [1.807, 2.05) is 66.9 Å². The van der Waals surface area contributed by atoms with Crippen molar-refractivity contribution in [1.29, 1.82) is 0 Å². The lowest BCUT2D eigenvalue weighted by Gasteiger charge is -2.22. The minimum Gasteiger partial charge on any atom is -0.317 e. The number of para-hydroxylation sites is 1. The average Bonchev–Trinajstić information content (AvgIpc) is 3.13. The smallest absolute Gasteiger partial charge is 0.268 e. The Kier molecular flexibility index (Phi) is 4.64. The first-order chi connectivity index (χ1) is 14.1. The van der Waals surface area contributed by atoms with Crippen molar-refractivity contribution < 1.29 is 8.42 Å². The summed E-state index contributed by atoms with van der Waals surface area (Å²) < 4.78 is 28.9. The molecule has 2 heterocycles. The number of nitrogens with one attached hydrogen (secondary N) is 1. The van der Waals surface area contributed by atoms with Crippen molar-refractivity contribution in [3.63, 3.8) is 0 Å². The number of hydrogen-bond acceptors (Lipinski definition) is 3. The molecule has 0 spiro atoms. The maximum Gasteiger partial charge on any atom is 0.268 e. The number of benzene rings is 3. The van der Waals surface area contributed by atoms with Gasteiger partial charge in [-0.1, -0.05) is 54.6 Å². The number of aromatic nitrogens is 1. The molecule has 3 aromatic carbocycles. The van der Waals surface area contributed by atoms with Crippen LogP contribution in [0.2, 0.25) is 0 Å². The molecule has 148 valence electrons. The van der Waals surface area contributed by atoms with E-state index < -0.39 is 10.0 Å². The highest BCUT2D eigenvalue weighted by molar-refractivity contribution is 7.90. The lowest BCUT2D eigenvalue weighted by atomic mass is 9.91. The van der Waals surface area contributed by atoms with Gasteiger partial charge in [-0.05, 0) is 61.4 Å². The maximum absolute atomic E-state index is 13.7. The summed E-state index contributed by atoms with van der Waals surface area (Å²) in [6.07, 6.45) is 5.04. The number of hydrogen-bond donors (Lipinski definition) is 1. The first-order valence-corrected chi connectivity index (χ1v) is 11.6. The molecule has 5 rings (SSSR count). The third-order valence-corrected chi connectivity index (χ3v) is 7.75. The molecule has 0 amide bonds. The lowest BCUT2D eigenvalue weighted by Crippen LogP contribution is -2.28. The molecule has 29 heavy (non-hydrogen) atoms. The van der Waals surface area contributed by atoms with Gasteiger partial charge in [0, 0.05) is 17.0 Å². The van der Waals surface area contributed by atoms with E-state index >= 15 is 0 Å². The van der Waals surface area contributed by atoms with Gasteiger partial charge in [0.1, 0.15) is 0 Å². The summed E-state index contributed by atoms with van der Waals surface area (Å²) in [5.41, 5.74) is 1.88. The first-order valence-electron chi connectivity index (χ1n) is 10.2. The summed E-state index contributed by atoms with van der Waals surface area (Å²) in [5.74, 6) is 0.593. The van der Waals surface area contributed by atoms with Gasteiger partial charge in [0.15, 0.2) is 0 Å². The topological polar surface area (TPSA) is 51.1 Å². The normalized spacial score (nSPS) is 15.9. The number of rotatable bonds is 4. The van der Waals surface area contributed by atoms with Crippen molar-refractivity contribution >= 4 is 31.7 Å². The summed E-state index contributed by atoms with van der Waals surface area (Å²) in [4.78, 5) is 0.352. The quantitative estimate of drug-likeness (QED) is 0.542. The molecule has 1 N–H and O–H groups in total. The predicted octanol–water partition coefficient (Wildman–Crippen LogP) is 4.57. The molecule has 4 aromatic rings. The van der Waals surface area contributed by atoms with E-state index in [1.54, 1.807) is 6.07 Å². The lowest BCUT2D eigenvalue weighted by molar-refractivity contribution is 0.373. The van der Waals surface area contributed by atoms with E-state index in [-0.39, 0.29) is 0 Å². The van der Waals surface area contributed by atoms with Gasteiger partial charge in [-0.25, -0.2) is 12.4 Å². The van der Waals surface area contributed by atoms with E-state index in [0.717, 1.165) is 59.6 Å². The Morgan fingerprint density at radius 1 is 0.862 bits per heavy atom. The highest BCUT2D eigenvalue weighted by Gasteiger charge is 2.24. The standard InChI is InChI=1S/C24H24N2O2S/c27-29(28,24-11-5-7-19-6-1-2-9-22(19)24)26-17-20(16-18-12-14-25-15-13-18)21-8-3-4-10-23(21)26/h1-11,17-18,25H,12-16H2. The number of fused-ring (bicyclic) bond motifs is 2. The highest BCUT2D eigenvalue weighted by atomic mass is 32.2. The van der Waals surface area contributed by atoms with Crippen LogP contribution in [0.25, 0.3) is 21.7 Å². The monoisotopic (exact) mass is 404 g/mol. The highest BCUT2D eigenvalue weighted by Crippen LogP contribution is 2.31. The van der Waals surface area contributed by atoms with Crippen molar-refractivity contribution in [3.8, 4) is 0 Å². The van der Waals surface area contributed by atoms with Crippen LogP contribution in [0.4, 0.5) is 0 Å². The van der Waals surface area contributed by atoms with E-state index in [0.29, 0.717) is 10.8 Å². The van der Waals surface area contributed by atoms with E-state index in [2.05, 4.69) is 5.32 Å². The molecule has 0 bridgehead atoms. The van der Waals surface area contributed by atoms with Gasteiger partial charge in [0.2, 0.25) is 0 Å². The zero-order valence-corrected chi connectivity index (χ0v) is 17.0. The third kappa shape index (κ3) is 3.24. The van der Waals surface area contributed by atoms with Crippen LogP contribution < -0.4 is 5.32 Å². The fourth-order valence-corrected chi connectivity index (χ4v) is 6.11. The average molecular weight is 405 g/mol. The zero-order chi connectivity index (χ0) is 19.8. The van der Waals surface area contributed by atoms with E-state index in [9.17, 15) is 8.42 Å². The molecule has 0 radical (unpaired) electrons. The van der Waals surface area contributed by atoms with Crippen LogP contribution >= 0.6 is 0 Å². The zero-order valence-electron chi connectivity index (χ0n) is 16.2. The Morgan fingerprint density at radius 3 is 2.38 bits per heavy atom. The molecule has 0 atom stereocenters. The first kappa shape index (κ1) is 18.4. The van der Waals surface area contributed by atoms with E-state index in [4.69, 9.17) is 0 Å². The van der Waals surface area contributed by atoms with Crippen molar-refractivity contribution in [1.82, 2.24) is 9.29 Å². The largest absolute Gasteiger partial charge is 0.317 e. The molecule has 1 aliphatic heterocycles. The molecular formula is C24H24N2O2S. The molecule has 0 aliphatic carbocycles. The Labute approximate surface area is 171 Å². The Bertz CT molecular complexity index is 1280. The van der Waals surface area contributed by atoms with Crippen LogP contribution in [0.15, 0.2) is 77.8 Å². The number of piperidine rings is 1. The summed E-state index contributed by atoms with van der Waals surface area (Å²) in [6, 6.07) is 21.0. The fraction of sp³-hybridized carbons (Fsp3) is 0.250. The van der Waals surface area contributed by atoms with Crippen molar-refractivity contribution in [2.45, 2.75) is 24.2 Å². The maximum atomic E-state index is 13.7. The predicted molar refractivity (Wildman–Crippen MR) is 118 cm³/mol. The molecule has 1 aliphatic rings. The molecule has 1 fully saturated rings. The molecule has 1 saturated heterocycles. The molecule has 0 unspecified atom stereocenters. The Hall–Kier alpha value is -2.63.